The van der Waals surface area contributed by atoms with Gasteiger partial charge in [-0.15, -0.1) is 0 Å². The van der Waals surface area contributed by atoms with Crippen LogP contribution in [0.3, 0.4) is 0 Å². The fourth-order valence-corrected chi connectivity index (χ4v) is 4.51. The third kappa shape index (κ3) is 5.01. The molecule has 2 aliphatic rings. The minimum Gasteiger partial charge on any atom is -0.493 e. The third-order valence-corrected chi connectivity index (χ3v) is 6.13. The maximum absolute atomic E-state index is 13.1. The topological polar surface area (TPSA) is 67.9 Å². The second kappa shape index (κ2) is 9.41. The van der Waals surface area contributed by atoms with E-state index in [1.54, 1.807) is 7.11 Å². The summed E-state index contributed by atoms with van der Waals surface area (Å²) in [5, 5.41) is 2.76. The standard InChI is InChI=1S/C25H30N2O4/c1-17(28)26-20-10-7-18(8-11-20)16-27-14-13-22(25(27)29)19-9-12-23(30-2)24(15-19)31-21-5-3-4-6-21/h7-12,15,21-22H,3-6,13-14,16H2,1-2H3,(H,26,28). The van der Waals surface area contributed by atoms with E-state index in [0.717, 1.165) is 54.1 Å². The number of amides is 2. The van der Waals surface area contributed by atoms with Crippen molar-refractivity contribution in [1.29, 1.82) is 0 Å². The molecular weight excluding hydrogens is 392 g/mol. The van der Waals surface area contributed by atoms with Gasteiger partial charge in [0.1, 0.15) is 0 Å². The lowest BCUT2D eigenvalue weighted by atomic mass is 9.97. The Kier molecular flexibility index (Phi) is 6.44. The lowest BCUT2D eigenvalue weighted by molar-refractivity contribution is -0.129. The van der Waals surface area contributed by atoms with Gasteiger partial charge in [-0.3, -0.25) is 9.59 Å². The zero-order valence-electron chi connectivity index (χ0n) is 18.2. The molecule has 2 aromatic rings. The van der Waals surface area contributed by atoms with E-state index in [1.165, 1.54) is 19.8 Å². The number of nitrogens with zero attached hydrogens (tertiary/aromatic N) is 1. The molecule has 1 saturated carbocycles. The minimum absolute atomic E-state index is 0.0962. The average Bonchev–Trinajstić information content (AvgIpc) is 3.39. The lowest BCUT2D eigenvalue weighted by Crippen LogP contribution is -2.26. The number of likely N-dealkylation sites (tertiary alicyclic amines) is 1. The smallest absolute Gasteiger partial charge is 0.230 e. The summed E-state index contributed by atoms with van der Waals surface area (Å²) in [5.74, 6) is 1.35. The molecule has 1 heterocycles. The van der Waals surface area contributed by atoms with Crippen LogP contribution in [0, 0.1) is 0 Å². The van der Waals surface area contributed by atoms with Crippen LogP contribution in [-0.2, 0) is 16.1 Å². The van der Waals surface area contributed by atoms with Gasteiger partial charge in [0.2, 0.25) is 11.8 Å². The van der Waals surface area contributed by atoms with Crippen LogP contribution in [0.4, 0.5) is 5.69 Å². The first-order valence-electron chi connectivity index (χ1n) is 11.0. The van der Waals surface area contributed by atoms with Crippen molar-refractivity contribution in [3.8, 4) is 11.5 Å². The average molecular weight is 423 g/mol. The number of hydrogen-bond acceptors (Lipinski definition) is 4. The van der Waals surface area contributed by atoms with Crippen LogP contribution in [0.25, 0.3) is 0 Å². The van der Waals surface area contributed by atoms with Crippen molar-refractivity contribution >= 4 is 17.5 Å². The molecule has 6 nitrogen and oxygen atoms in total. The number of rotatable bonds is 7. The molecule has 31 heavy (non-hydrogen) atoms. The monoisotopic (exact) mass is 422 g/mol. The van der Waals surface area contributed by atoms with Gasteiger partial charge < -0.3 is 19.7 Å². The van der Waals surface area contributed by atoms with Gasteiger partial charge in [-0.05, 0) is 67.5 Å². The summed E-state index contributed by atoms with van der Waals surface area (Å²) < 4.78 is 11.7. The zero-order chi connectivity index (χ0) is 21.8. The summed E-state index contributed by atoms with van der Waals surface area (Å²) in [6.07, 6.45) is 5.58. The van der Waals surface area contributed by atoms with Gasteiger partial charge in [0.25, 0.3) is 0 Å². The first-order valence-corrected chi connectivity index (χ1v) is 11.0. The Morgan fingerprint density at radius 3 is 2.48 bits per heavy atom. The van der Waals surface area contributed by atoms with Crippen molar-refractivity contribution in [2.24, 2.45) is 0 Å². The summed E-state index contributed by atoms with van der Waals surface area (Å²) >= 11 is 0. The molecular formula is C25H30N2O4. The third-order valence-electron chi connectivity index (χ3n) is 6.13. The van der Waals surface area contributed by atoms with Crippen LogP contribution in [0.15, 0.2) is 42.5 Å². The Hall–Kier alpha value is -3.02. The largest absolute Gasteiger partial charge is 0.493 e. The number of anilines is 1. The van der Waals surface area contributed by atoms with E-state index in [0.29, 0.717) is 6.54 Å². The zero-order valence-corrected chi connectivity index (χ0v) is 18.2. The number of benzene rings is 2. The second-order valence-corrected chi connectivity index (χ2v) is 8.41. The predicted molar refractivity (Wildman–Crippen MR) is 119 cm³/mol. The Morgan fingerprint density at radius 2 is 1.81 bits per heavy atom. The van der Waals surface area contributed by atoms with Gasteiger partial charge in [-0.2, -0.15) is 0 Å². The SMILES string of the molecule is COc1ccc(C2CCN(Cc3ccc(NC(C)=O)cc3)C2=O)cc1OC1CCCC1. The highest BCUT2D eigenvalue weighted by atomic mass is 16.5. The highest BCUT2D eigenvalue weighted by molar-refractivity contribution is 5.88. The Balaban J connectivity index is 1.44. The number of nitrogens with one attached hydrogen (secondary N) is 1. The molecule has 0 spiro atoms. The molecule has 6 heteroatoms. The summed E-state index contributed by atoms with van der Waals surface area (Å²) in [4.78, 5) is 26.2. The van der Waals surface area contributed by atoms with Crippen molar-refractivity contribution in [2.45, 2.75) is 57.6 Å². The molecule has 0 aromatic heterocycles. The summed E-state index contributed by atoms with van der Waals surface area (Å²) in [7, 11) is 1.65. The van der Waals surface area contributed by atoms with Crippen LogP contribution in [0.5, 0.6) is 11.5 Å². The minimum atomic E-state index is -0.157. The summed E-state index contributed by atoms with van der Waals surface area (Å²) in [6, 6.07) is 13.5. The molecule has 1 aliphatic carbocycles. The molecule has 2 amide bonds. The van der Waals surface area contributed by atoms with E-state index in [4.69, 9.17) is 9.47 Å². The number of methoxy groups -OCH3 is 1. The molecule has 1 N–H and O–H groups in total. The first kappa shape index (κ1) is 21.2. The van der Waals surface area contributed by atoms with Crippen LogP contribution >= 0.6 is 0 Å². The van der Waals surface area contributed by atoms with E-state index < -0.39 is 0 Å². The second-order valence-electron chi connectivity index (χ2n) is 8.41. The fraction of sp³-hybridized carbons (Fsp3) is 0.440. The highest BCUT2D eigenvalue weighted by Gasteiger charge is 2.33. The maximum atomic E-state index is 13.1. The first-order chi connectivity index (χ1) is 15.0. The quantitative estimate of drug-likeness (QED) is 0.714. The Labute approximate surface area is 183 Å². The van der Waals surface area contributed by atoms with E-state index in [1.807, 2.05) is 47.4 Å². The number of carbonyl (C=O) groups is 2. The normalized spacial score (nSPS) is 19.0. The van der Waals surface area contributed by atoms with E-state index in [2.05, 4.69) is 5.32 Å². The van der Waals surface area contributed by atoms with Crippen LogP contribution in [-0.4, -0.2) is 36.5 Å². The van der Waals surface area contributed by atoms with E-state index in [9.17, 15) is 9.59 Å². The molecule has 0 bridgehead atoms. The van der Waals surface area contributed by atoms with E-state index in [-0.39, 0.29) is 23.8 Å². The van der Waals surface area contributed by atoms with Crippen LogP contribution in [0.2, 0.25) is 0 Å². The fourth-order valence-electron chi connectivity index (χ4n) is 4.51. The molecule has 164 valence electrons. The molecule has 4 rings (SSSR count). The predicted octanol–water partition coefficient (Wildman–Crippen LogP) is 4.49. The van der Waals surface area contributed by atoms with Gasteiger partial charge in [0, 0.05) is 25.7 Å². The molecule has 0 radical (unpaired) electrons. The Bertz CT molecular complexity index is 935. The highest BCUT2D eigenvalue weighted by Crippen LogP contribution is 2.37. The molecule has 1 aliphatic heterocycles. The maximum Gasteiger partial charge on any atom is 0.230 e. The van der Waals surface area contributed by atoms with Crippen molar-refractivity contribution < 1.29 is 19.1 Å². The van der Waals surface area contributed by atoms with Gasteiger partial charge in [0.05, 0.1) is 19.1 Å². The molecule has 1 saturated heterocycles. The lowest BCUT2D eigenvalue weighted by Gasteiger charge is -2.19. The van der Waals surface area contributed by atoms with Crippen molar-refractivity contribution in [1.82, 2.24) is 4.90 Å². The van der Waals surface area contributed by atoms with Gasteiger partial charge in [-0.1, -0.05) is 18.2 Å². The van der Waals surface area contributed by atoms with Crippen molar-refractivity contribution in [3.05, 3.63) is 53.6 Å². The molecule has 1 unspecified atom stereocenters. The number of hydrogen-bond donors (Lipinski definition) is 1. The van der Waals surface area contributed by atoms with Crippen molar-refractivity contribution in [2.75, 3.05) is 19.0 Å². The molecule has 2 fully saturated rings. The van der Waals surface area contributed by atoms with Crippen LogP contribution < -0.4 is 14.8 Å². The van der Waals surface area contributed by atoms with Gasteiger partial charge in [-0.25, -0.2) is 0 Å². The number of ether oxygens (including phenoxy) is 2. The molecule has 1 atom stereocenters. The summed E-state index contributed by atoms with van der Waals surface area (Å²) in [5.41, 5.74) is 2.79. The van der Waals surface area contributed by atoms with Gasteiger partial charge >= 0.3 is 0 Å². The Morgan fingerprint density at radius 1 is 1.06 bits per heavy atom. The van der Waals surface area contributed by atoms with Gasteiger partial charge in [0.15, 0.2) is 11.5 Å². The van der Waals surface area contributed by atoms with Crippen LogP contribution in [0.1, 0.15) is 56.1 Å². The molecule has 2 aromatic carbocycles. The van der Waals surface area contributed by atoms with E-state index >= 15 is 0 Å². The number of carbonyl (C=O) groups excluding carboxylic acids is 2. The van der Waals surface area contributed by atoms with Crippen molar-refractivity contribution in [3.63, 3.8) is 0 Å². The summed E-state index contributed by atoms with van der Waals surface area (Å²) in [6.45, 7) is 2.78.